The minimum absolute atomic E-state index is 0.135. The lowest BCUT2D eigenvalue weighted by Crippen LogP contribution is -2.41. The van der Waals surface area contributed by atoms with Crippen molar-refractivity contribution in [1.82, 2.24) is 9.80 Å². The number of nitrogens with zero attached hydrogens (tertiary/aromatic N) is 2. The minimum Gasteiger partial charge on any atom is -0.454 e. The molecule has 1 amide bonds. The van der Waals surface area contributed by atoms with Crippen LogP contribution >= 0.6 is 0 Å². The average molecular weight is 328 g/mol. The Kier molecular flexibility index (Phi) is 4.29. The molecule has 1 atom stereocenters. The van der Waals surface area contributed by atoms with Crippen molar-refractivity contribution in [2.24, 2.45) is 0 Å². The lowest BCUT2D eigenvalue weighted by Gasteiger charge is -2.26. The van der Waals surface area contributed by atoms with Gasteiger partial charge in [-0.3, -0.25) is 9.59 Å². The quantitative estimate of drug-likeness (QED) is 0.793. The van der Waals surface area contributed by atoms with Crippen molar-refractivity contribution in [3.8, 4) is 11.5 Å². The van der Waals surface area contributed by atoms with Gasteiger partial charge in [-0.25, -0.2) is 0 Å². The molecule has 2 aliphatic heterocycles. The van der Waals surface area contributed by atoms with E-state index in [2.05, 4.69) is 0 Å². The Morgan fingerprint density at radius 3 is 2.75 bits per heavy atom. The van der Waals surface area contributed by atoms with Gasteiger partial charge in [-0.1, -0.05) is 6.08 Å². The number of likely N-dealkylation sites (N-methyl/N-ethyl adjacent to an activating group) is 1. The zero-order chi connectivity index (χ0) is 17.3. The maximum Gasteiger partial charge on any atom is 0.251 e. The van der Waals surface area contributed by atoms with Crippen LogP contribution in [-0.2, 0) is 4.79 Å². The SMILES string of the molecule is C[C@H](C(=O)c1ccc2c(c1)OCO2)N(C)C(=O)C1=CN(C)C=CC1. The largest absolute Gasteiger partial charge is 0.454 e. The Bertz CT molecular complexity index is 739. The Labute approximate surface area is 140 Å². The first-order valence-electron chi connectivity index (χ1n) is 7.77. The number of rotatable bonds is 4. The number of hydrogen-bond donors (Lipinski definition) is 0. The molecule has 126 valence electrons. The van der Waals surface area contributed by atoms with Gasteiger partial charge in [0.2, 0.25) is 6.79 Å². The molecule has 3 rings (SSSR count). The zero-order valence-electron chi connectivity index (χ0n) is 14.0. The second kappa shape index (κ2) is 6.39. The van der Waals surface area contributed by atoms with E-state index < -0.39 is 6.04 Å². The number of allylic oxidation sites excluding steroid dienone is 1. The summed E-state index contributed by atoms with van der Waals surface area (Å²) < 4.78 is 10.6. The molecule has 0 fully saturated rings. The fourth-order valence-corrected chi connectivity index (χ4v) is 2.70. The number of benzene rings is 1. The van der Waals surface area contributed by atoms with Crippen LogP contribution in [0.3, 0.4) is 0 Å². The highest BCUT2D eigenvalue weighted by Crippen LogP contribution is 2.33. The molecule has 6 heteroatoms. The molecule has 1 aromatic carbocycles. The van der Waals surface area contributed by atoms with Crippen LogP contribution in [0.1, 0.15) is 23.7 Å². The monoisotopic (exact) mass is 328 g/mol. The summed E-state index contributed by atoms with van der Waals surface area (Å²) in [5, 5.41) is 0. The third kappa shape index (κ3) is 2.99. The van der Waals surface area contributed by atoms with E-state index in [9.17, 15) is 9.59 Å². The molecule has 0 saturated carbocycles. The van der Waals surface area contributed by atoms with Gasteiger partial charge in [0.1, 0.15) is 0 Å². The highest BCUT2D eigenvalue weighted by atomic mass is 16.7. The van der Waals surface area contributed by atoms with E-state index in [0.29, 0.717) is 29.1 Å². The topological polar surface area (TPSA) is 59.1 Å². The van der Waals surface area contributed by atoms with Gasteiger partial charge in [0.15, 0.2) is 17.3 Å². The third-order valence-corrected chi connectivity index (χ3v) is 4.25. The summed E-state index contributed by atoms with van der Waals surface area (Å²) in [5.41, 5.74) is 1.16. The number of hydrogen-bond acceptors (Lipinski definition) is 5. The molecule has 0 N–H and O–H groups in total. The van der Waals surface area contributed by atoms with Gasteiger partial charge in [-0.05, 0) is 37.7 Å². The molecule has 6 nitrogen and oxygen atoms in total. The van der Waals surface area contributed by atoms with E-state index >= 15 is 0 Å². The van der Waals surface area contributed by atoms with Crippen LogP contribution in [0.25, 0.3) is 0 Å². The predicted octanol–water partition coefficient (Wildman–Crippen LogP) is 2.18. The minimum atomic E-state index is -0.574. The second-order valence-electron chi connectivity index (χ2n) is 5.93. The van der Waals surface area contributed by atoms with Crippen LogP contribution in [-0.4, -0.2) is 48.4 Å². The van der Waals surface area contributed by atoms with E-state index in [0.717, 1.165) is 0 Å². The molecule has 1 aromatic rings. The summed E-state index contributed by atoms with van der Waals surface area (Å²) in [6, 6.07) is 4.50. The summed E-state index contributed by atoms with van der Waals surface area (Å²) in [7, 11) is 3.52. The van der Waals surface area contributed by atoms with Crippen LogP contribution in [0.15, 0.2) is 42.2 Å². The fraction of sp³-hybridized carbons (Fsp3) is 0.333. The smallest absolute Gasteiger partial charge is 0.251 e. The van der Waals surface area contributed by atoms with Crippen molar-refractivity contribution >= 4 is 11.7 Å². The van der Waals surface area contributed by atoms with Crippen molar-refractivity contribution < 1.29 is 19.1 Å². The molecular formula is C18H20N2O4. The Morgan fingerprint density at radius 2 is 2.00 bits per heavy atom. The Morgan fingerprint density at radius 1 is 1.25 bits per heavy atom. The molecule has 2 heterocycles. The van der Waals surface area contributed by atoms with Crippen molar-refractivity contribution in [3.63, 3.8) is 0 Å². The number of amides is 1. The van der Waals surface area contributed by atoms with Crippen LogP contribution in [0, 0.1) is 0 Å². The van der Waals surface area contributed by atoms with E-state index in [1.165, 1.54) is 4.90 Å². The van der Waals surface area contributed by atoms with Gasteiger partial charge in [-0.15, -0.1) is 0 Å². The lowest BCUT2D eigenvalue weighted by atomic mass is 10.0. The van der Waals surface area contributed by atoms with Gasteiger partial charge in [-0.2, -0.15) is 0 Å². The van der Waals surface area contributed by atoms with Crippen LogP contribution in [0.5, 0.6) is 11.5 Å². The molecule has 0 unspecified atom stereocenters. The molecule has 0 aromatic heterocycles. The van der Waals surface area contributed by atoms with Gasteiger partial charge < -0.3 is 19.3 Å². The number of fused-ring (bicyclic) bond motifs is 1. The summed E-state index contributed by atoms with van der Waals surface area (Å²) in [4.78, 5) is 28.6. The summed E-state index contributed by atoms with van der Waals surface area (Å²) in [6.07, 6.45) is 6.18. The van der Waals surface area contributed by atoms with E-state index in [1.54, 1.807) is 38.4 Å². The normalized spacial score (nSPS) is 16.6. The predicted molar refractivity (Wildman–Crippen MR) is 88.7 cm³/mol. The highest BCUT2D eigenvalue weighted by Gasteiger charge is 2.27. The molecule has 0 radical (unpaired) electrons. The van der Waals surface area contributed by atoms with Gasteiger partial charge in [0.25, 0.3) is 5.91 Å². The van der Waals surface area contributed by atoms with Crippen LogP contribution in [0.2, 0.25) is 0 Å². The van der Waals surface area contributed by atoms with E-state index in [1.807, 2.05) is 24.2 Å². The first-order chi connectivity index (χ1) is 11.5. The first kappa shape index (κ1) is 16.1. The number of carbonyl (C=O) groups is 2. The fourth-order valence-electron chi connectivity index (χ4n) is 2.70. The number of ketones is 1. The van der Waals surface area contributed by atoms with E-state index in [-0.39, 0.29) is 18.5 Å². The second-order valence-corrected chi connectivity index (χ2v) is 5.93. The highest BCUT2D eigenvalue weighted by molar-refractivity contribution is 6.04. The standard InChI is InChI=1S/C18H20N2O4/c1-12(20(3)18(22)14-5-4-8-19(2)10-14)17(21)13-6-7-15-16(9-13)24-11-23-15/h4,6-10,12H,5,11H2,1-3H3/t12-/m1/s1. The molecule has 2 aliphatic rings. The molecule has 0 spiro atoms. The van der Waals surface area contributed by atoms with Crippen molar-refractivity contribution in [2.45, 2.75) is 19.4 Å². The summed E-state index contributed by atoms with van der Waals surface area (Å²) in [5.74, 6) is 0.909. The molecular weight excluding hydrogens is 308 g/mol. The lowest BCUT2D eigenvalue weighted by molar-refractivity contribution is -0.127. The van der Waals surface area contributed by atoms with E-state index in [4.69, 9.17) is 9.47 Å². The molecule has 24 heavy (non-hydrogen) atoms. The molecule has 0 aliphatic carbocycles. The first-order valence-corrected chi connectivity index (χ1v) is 7.77. The van der Waals surface area contributed by atoms with Gasteiger partial charge >= 0.3 is 0 Å². The van der Waals surface area contributed by atoms with Crippen molar-refractivity contribution in [3.05, 3.63) is 47.8 Å². The van der Waals surface area contributed by atoms with Crippen LogP contribution < -0.4 is 9.47 Å². The average Bonchev–Trinajstić information content (AvgIpc) is 3.06. The maximum absolute atomic E-state index is 12.7. The maximum atomic E-state index is 12.7. The Hall–Kier alpha value is -2.76. The molecule has 0 bridgehead atoms. The third-order valence-electron chi connectivity index (χ3n) is 4.25. The zero-order valence-corrected chi connectivity index (χ0v) is 14.0. The van der Waals surface area contributed by atoms with Crippen molar-refractivity contribution in [1.29, 1.82) is 0 Å². The number of Topliss-reactive ketones (excluding diaryl/α,β-unsaturated/α-hetero) is 1. The Balaban J connectivity index is 1.74. The number of carbonyl (C=O) groups excluding carboxylic acids is 2. The van der Waals surface area contributed by atoms with Gasteiger partial charge in [0.05, 0.1) is 6.04 Å². The van der Waals surface area contributed by atoms with Crippen molar-refractivity contribution in [2.75, 3.05) is 20.9 Å². The summed E-state index contributed by atoms with van der Waals surface area (Å²) in [6.45, 7) is 1.89. The summed E-state index contributed by atoms with van der Waals surface area (Å²) >= 11 is 0. The van der Waals surface area contributed by atoms with Gasteiger partial charge in [0, 0.05) is 31.4 Å². The molecule has 0 saturated heterocycles. The van der Waals surface area contributed by atoms with Crippen LogP contribution in [0.4, 0.5) is 0 Å². The number of ether oxygens (including phenoxy) is 2.